The summed E-state index contributed by atoms with van der Waals surface area (Å²) in [6.45, 7) is 0. The van der Waals surface area contributed by atoms with Crippen LogP contribution in [0.15, 0.2) is 6.07 Å². The standard InChI is InChI=1S/C9H8S/c1-2-8-6-7-4-3-5-9(7)10-8/h1,6H,3-5H2. The maximum atomic E-state index is 5.27. The SMILES string of the molecule is C#Cc1cc2c(s1)CCC2. The highest BCUT2D eigenvalue weighted by Gasteiger charge is 2.13. The predicted octanol–water partition coefficient (Wildman–Crippen LogP) is 2.22. The second-order valence-electron chi connectivity index (χ2n) is 2.56. The summed E-state index contributed by atoms with van der Waals surface area (Å²) in [6.07, 6.45) is 9.09. The lowest BCUT2D eigenvalue weighted by Crippen LogP contribution is -1.69. The van der Waals surface area contributed by atoms with Crippen molar-refractivity contribution in [2.75, 3.05) is 0 Å². The van der Waals surface area contributed by atoms with Crippen LogP contribution in [0.1, 0.15) is 21.7 Å². The molecule has 0 spiro atoms. The van der Waals surface area contributed by atoms with Gasteiger partial charge in [0.05, 0.1) is 4.88 Å². The van der Waals surface area contributed by atoms with E-state index in [1.165, 1.54) is 29.7 Å². The van der Waals surface area contributed by atoms with E-state index in [1.54, 1.807) is 11.3 Å². The monoisotopic (exact) mass is 148 g/mol. The second kappa shape index (κ2) is 2.14. The van der Waals surface area contributed by atoms with Crippen LogP contribution in [0.4, 0.5) is 0 Å². The van der Waals surface area contributed by atoms with Crippen LogP contribution in [-0.4, -0.2) is 0 Å². The zero-order chi connectivity index (χ0) is 6.97. The minimum atomic E-state index is 1.10. The van der Waals surface area contributed by atoms with Gasteiger partial charge in [0, 0.05) is 4.88 Å². The molecule has 50 valence electrons. The Morgan fingerprint density at radius 1 is 1.50 bits per heavy atom. The van der Waals surface area contributed by atoms with E-state index in [2.05, 4.69) is 12.0 Å². The molecule has 10 heavy (non-hydrogen) atoms. The number of terminal acetylenes is 1. The van der Waals surface area contributed by atoms with Gasteiger partial charge in [-0.05, 0) is 30.9 Å². The molecule has 0 nitrogen and oxygen atoms in total. The Balaban J connectivity index is 2.49. The summed E-state index contributed by atoms with van der Waals surface area (Å²) < 4.78 is 0. The van der Waals surface area contributed by atoms with E-state index in [9.17, 15) is 0 Å². The maximum absolute atomic E-state index is 5.27. The summed E-state index contributed by atoms with van der Waals surface area (Å²) in [7, 11) is 0. The molecule has 0 unspecified atom stereocenters. The molecule has 1 aliphatic carbocycles. The molecule has 0 bridgehead atoms. The fraction of sp³-hybridized carbons (Fsp3) is 0.333. The topological polar surface area (TPSA) is 0 Å². The molecule has 0 fully saturated rings. The van der Waals surface area contributed by atoms with E-state index in [0.29, 0.717) is 0 Å². The van der Waals surface area contributed by atoms with Crippen molar-refractivity contribution in [2.45, 2.75) is 19.3 Å². The zero-order valence-corrected chi connectivity index (χ0v) is 6.50. The van der Waals surface area contributed by atoms with Crippen LogP contribution in [-0.2, 0) is 12.8 Å². The minimum absolute atomic E-state index is 1.10. The van der Waals surface area contributed by atoms with E-state index < -0.39 is 0 Å². The molecule has 0 saturated carbocycles. The van der Waals surface area contributed by atoms with Crippen molar-refractivity contribution in [2.24, 2.45) is 0 Å². The first-order valence-corrected chi connectivity index (χ1v) is 4.30. The average molecular weight is 148 g/mol. The molecule has 0 atom stereocenters. The molecule has 0 aliphatic heterocycles. The molecule has 0 saturated heterocycles. The van der Waals surface area contributed by atoms with Crippen molar-refractivity contribution in [1.29, 1.82) is 0 Å². The van der Waals surface area contributed by atoms with Gasteiger partial charge in [-0.2, -0.15) is 0 Å². The van der Waals surface area contributed by atoms with Crippen LogP contribution in [0, 0.1) is 12.3 Å². The Kier molecular flexibility index (Phi) is 1.28. The van der Waals surface area contributed by atoms with Crippen LogP contribution in [0.25, 0.3) is 0 Å². The number of rotatable bonds is 0. The average Bonchev–Trinajstić information content (AvgIpc) is 2.42. The first-order chi connectivity index (χ1) is 4.90. The normalized spacial score (nSPS) is 14.7. The van der Waals surface area contributed by atoms with Crippen LogP contribution < -0.4 is 0 Å². The quantitative estimate of drug-likeness (QED) is 0.495. The highest BCUT2D eigenvalue weighted by molar-refractivity contribution is 7.12. The van der Waals surface area contributed by atoms with Crippen molar-refractivity contribution in [3.8, 4) is 12.3 Å². The zero-order valence-electron chi connectivity index (χ0n) is 5.68. The summed E-state index contributed by atoms with van der Waals surface area (Å²) in [4.78, 5) is 2.62. The predicted molar refractivity (Wildman–Crippen MR) is 44.3 cm³/mol. The highest BCUT2D eigenvalue weighted by atomic mass is 32.1. The van der Waals surface area contributed by atoms with E-state index in [4.69, 9.17) is 6.42 Å². The van der Waals surface area contributed by atoms with Gasteiger partial charge in [-0.1, -0.05) is 5.92 Å². The Hall–Kier alpha value is -0.740. The molecule has 2 rings (SSSR count). The summed E-state index contributed by atoms with van der Waals surface area (Å²) in [5, 5.41) is 0. The smallest absolute Gasteiger partial charge is 0.0771 e. The van der Waals surface area contributed by atoms with E-state index >= 15 is 0 Å². The number of fused-ring (bicyclic) bond motifs is 1. The lowest BCUT2D eigenvalue weighted by Gasteiger charge is -1.80. The lowest BCUT2D eigenvalue weighted by atomic mass is 10.2. The van der Waals surface area contributed by atoms with Gasteiger partial charge in [0.25, 0.3) is 0 Å². The lowest BCUT2D eigenvalue weighted by molar-refractivity contribution is 0.914. The second-order valence-corrected chi connectivity index (χ2v) is 3.69. The van der Waals surface area contributed by atoms with Gasteiger partial charge in [0.2, 0.25) is 0 Å². The number of thiophene rings is 1. The van der Waals surface area contributed by atoms with Crippen LogP contribution in [0.3, 0.4) is 0 Å². The Morgan fingerprint density at radius 2 is 2.40 bits per heavy atom. The fourth-order valence-electron chi connectivity index (χ4n) is 1.40. The molecule has 1 aromatic rings. The number of hydrogen-bond donors (Lipinski definition) is 0. The van der Waals surface area contributed by atoms with E-state index in [-0.39, 0.29) is 0 Å². The van der Waals surface area contributed by atoms with E-state index in [0.717, 1.165) is 4.88 Å². The molecule has 0 N–H and O–H groups in total. The Morgan fingerprint density at radius 3 is 3.10 bits per heavy atom. The summed E-state index contributed by atoms with van der Waals surface area (Å²) in [5.74, 6) is 2.67. The minimum Gasteiger partial charge on any atom is -0.131 e. The van der Waals surface area contributed by atoms with Gasteiger partial charge in [0.15, 0.2) is 0 Å². The van der Waals surface area contributed by atoms with Crippen molar-refractivity contribution in [1.82, 2.24) is 0 Å². The molecule has 1 heteroatoms. The highest BCUT2D eigenvalue weighted by Crippen LogP contribution is 2.29. The van der Waals surface area contributed by atoms with Gasteiger partial charge in [-0.25, -0.2) is 0 Å². The first kappa shape index (κ1) is 6.00. The van der Waals surface area contributed by atoms with Gasteiger partial charge in [-0.3, -0.25) is 0 Å². The molecule has 1 aromatic heterocycles. The molecular weight excluding hydrogens is 140 g/mol. The third kappa shape index (κ3) is 0.767. The number of hydrogen-bond acceptors (Lipinski definition) is 1. The molecule has 0 amide bonds. The van der Waals surface area contributed by atoms with Crippen LogP contribution in [0.2, 0.25) is 0 Å². The largest absolute Gasteiger partial charge is 0.131 e. The first-order valence-electron chi connectivity index (χ1n) is 3.48. The van der Waals surface area contributed by atoms with Crippen LogP contribution >= 0.6 is 11.3 Å². The van der Waals surface area contributed by atoms with Crippen molar-refractivity contribution in [3.63, 3.8) is 0 Å². The van der Waals surface area contributed by atoms with Gasteiger partial charge in [-0.15, -0.1) is 17.8 Å². The van der Waals surface area contributed by atoms with Crippen molar-refractivity contribution >= 4 is 11.3 Å². The van der Waals surface area contributed by atoms with Gasteiger partial charge < -0.3 is 0 Å². The molecular formula is C9H8S. The molecule has 0 radical (unpaired) electrons. The summed E-state index contributed by atoms with van der Waals surface area (Å²) in [5.41, 5.74) is 1.50. The van der Waals surface area contributed by atoms with Crippen LogP contribution in [0.5, 0.6) is 0 Å². The Labute approximate surface area is 64.9 Å². The summed E-state index contributed by atoms with van der Waals surface area (Å²) >= 11 is 1.79. The molecule has 1 aliphatic rings. The molecule has 1 heterocycles. The molecule has 0 aromatic carbocycles. The van der Waals surface area contributed by atoms with Gasteiger partial charge in [0.1, 0.15) is 0 Å². The van der Waals surface area contributed by atoms with E-state index in [1.807, 2.05) is 0 Å². The maximum Gasteiger partial charge on any atom is 0.0771 e. The third-order valence-electron chi connectivity index (χ3n) is 1.89. The number of aryl methyl sites for hydroxylation is 2. The Bertz CT molecular complexity index is 267. The summed E-state index contributed by atoms with van der Waals surface area (Å²) in [6, 6.07) is 2.16. The van der Waals surface area contributed by atoms with Gasteiger partial charge >= 0.3 is 0 Å². The third-order valence-corrected chi connectivity index (χ3v) is 3.06. The van der Waals surface area contributed by atoms with Crippen molar-refractivity contribution in [3.05, 3.63) is 21.4 Å². The van der Waals surface area contributed by atoms with Crippen molar-refractivity contribution < 1.29 is 0 Å². The fourth-order valence-corrected chi connectivity index (χ4v) is 2.46.